The summed E-state index contributed by atoms with van der Waals surface area (Å²) in [6, 6.07) is 3.67. The normalized spacial score (nSPS) is 29.2. The number of aromatic nitrogens is 1. The van der Waals surface area contributed by atoms with E-state index in [4.69, 9.17) is 9.47 Å². The number of ether oxygens (including phenoxy) is 2. The minimum atomic E-state index is -5.09. The lowest BCUT2D eigenvalue weighted by molar-refractivity contribution is -0.222. The summed E-state index contributed by atoms with van der Waals surface area (Å²) in [4.78, 5) is 62.4. The summed E-state index contributed by atoms with van der Waals surface area (Å²) in [6.45, 7) is 8.44. The van der Waals surface area contributed by atoms with Gasteiger partial charge < -0.3 is 24.8 Å². The van der Waals surface area contributed by atoms with E-state index < -0.39 is 85.9 Å². The molecule has 3 N–H and O–H groups in total. The van der Waals surface area contributed by atoms with Gasteiger partial charge in [0.1, 0.15) is 40.8 Å². The lowest BCUT2D eigenvalue weighted by Gasteiger charge is -2.46. The van der Waals surface area contributed by atoms with Crippen LogP contribution in [-0.4, -0.2) is 105 Å². The van der Waals surface area contributed by atoms with Gasteiger partial charge in [-0.3, -0.25) is 29.0 Å². The Morgan fingerprint density at radius 2 is 1.81 bits per heavy atom. The van der Waals surface area contributed by atoms with Gasteiger partial charge in [-0.1, -0.05) is 32.4 Å². The number of halogens is 3. The van der Waals surface area contributed by atoms with Crippen LogP contribution in [0.3, 0.4) is 0 Å². The molecule has 2 aliphatic carbocycles. The van der Waals surface area contributed by atoms with E-state index in [1.54, 1.807) is 37.3 Å². The summed E-state index contributed by atoms with van der Waals surface area (Å²) in [5.41, 5.74) is -4.10. The molecule has 4 aliphatic rings. The summed E-state index contributed by atoms with van der Waals surface area (Å²) in [5.74, 6) is -3.63. The van der Waals surface area contributed by atoms with Gasteiger partial charge in [-0.2, -0.15) is 13.2 Å². The smallest absolute Gasteiger partial charge is 0.411 e. The van der Waals surface area contributed by atoms with Crippen LogP contribution in [0.1, 0.15) is 92.9 Å². The van der Waals surface area contributed by atoms with E-state index in [0.29, 0.717) is 62.8 Å². The molecule has 1 aromatic heterocycles. The third kappa shape index (κ3) is 8.69. The minimum absolute atomic E-state index is 0.0586. The van der Waals surface area contributed by atoms with Crippen molar-refractivity contribution in [1.82, 2.24) is 24.8 Å². The molecule has 0 spiro atoms. The second kappa shape index (κ2) is 16.1. The van der Waals surface area contributed by atoms with Gasteiger partial charge in [0.25, 0.3) is 5.91 Å². The number of carbonyl (C=O) groups is 4. The van der Waals surface area contributed by atoms with Crippen molar-refractivity contribution in [3.05, 3.63) is 42.6 Å². The van der Waals surface area contributed by atoms with Crippen LogP contribution in [0.4, 0.5) is 18.0 Å². The maximum Gasteiger partial charge on any atom is 0.411 e. The fraction of sp³-hybridized carbons (Fsp3) is 0.634. The van der Waals surface area contributed by atoms with Gasteiger partial charge >= 0.3 is 12.3 Å². The van der Waals surface area contributed by atoms with Crippen LogP contribution in [0.15, 0.2) is 42.6 Å². The van der Waals surface area contributed by atoms with Gasteiger partial charge in [0.15, 0.2) is 0 Å². The van der Waals surface area contributed by atoms with Crippen molar-refractivity contribution in [1.29, 1.82) is 0 Å². The fourth-order valence-electron chi connectivity index (χ4n) is 8.37. The van der Waals surface area contributed by atoms with Crippen molar-refractivity contribution in [3.8, 4) is 11.5 Å². The van der Waals surface area contributed by atoms with Crippen LogP contribution in [-0.2, 0) is 24.4 Å². The molecule has 0 bridgehead atoms. The molecule has 2 aromatic rings. The van der Waals surface area contributed by atoms with Gasteiger partial charge in [-0.25, -0.2) is 13.2 Å². The van der Waals surface area contributed by atoms with Gasteiger partial charge in [0.2, 0.25) is 21.8 Å². The molecule has 3 fully saturated rings. The molecule has 3 heterocycles. The Morgan fingerprint density at radius 3 is 2.44 bits per heavy atom. The first kappa shape index (κ1) is 44.0. The summed E-state index contributed by atoms with van der Waals surface area (Å²) in [7, 11) is -4.12. The molecule has 4 amide bonds. The quantitative estimate of drug-likeness (QED) is 0.242. The lowest BCUT2D eigenvalue weighted by atomic mass is 9.82. The zero-order valence-corrected chi connectivity index (χ0v) is 35.0. The number of nitrogens with one attached hydrogen (secondary N) is 2. The second-order valence-corrected chi connectivity index (χ2v) is 19.5. The number of nitrogens with zero attached hydrogens (tertiary/aromatic N) is 3. The summed E-state index contributed by atoms with van der Waals surface area (Å²) < 4.78 is 83.8. The number of hydrogen-bond acceptors (Lipinski definition) is 9. The zero-order chi connectivity index (χ0) is 43.3. The molecule has 0 unspecified atom stereocenters. The Bertz CT molecular complexity index is 2110. The molecule has 1 aromatic carbocycles. The monoisotopic (exact) mass is 849 g/mol. The number of carboxylic acid groups (broad SMARTS) is 1. The van der Waals surface area contributed by atoms with Crippen molar-refractivity contribution >= 4 is 44.7 Å². The Kier molecular flexibility index (Phi) is 12.0. The number of alkyl halides is 3. The first-order valence-electron chi connectivity index (χ1n) is 20.2. The topological polar surface area (TPSA) is 185 Å². The number of rotatable bonds is 10. The number of hydrogen-bond donors (Lipinski definition) is 3. The molecule has 0 radical (unpaired) electrons. The molecule has 59 heavy (non-hydrogen) atoms. The van der Waals surface area contributed by atoms with Gasteiger partial charge in [0, 0.05) is 17.7 Å². The van der Waals surface area contributed by atoms with E-state index in [0.717, 1.165) is 4.90 Å². The van der Waals surface area contributed by atoms with Crippen LogP contribution >= 0.6 is 0 Å². The van der Waals surface area contributed by atoms with Crippen molar-refractivity contribution < 1.29 is 55.3 Å². The highest BCUT2D eigenvalue weighted by atomic mass is 32.2. The van der Waals surface area contributed by atoms with Gasteiger partial charge in [0.05, 0.1) is 29.6 Å². The molecule has 324 valence electrons. The predicted octanol–water partition coefficient (Wildman–Crippen LogP) is 5.95. The minimum Gasteiger partial charge on any atom is -0.494 e. The van der Waals surface area contributed by atoms with Crippen molar-refractivity contribution in [3.63, 3.8) is 0 Å². The predicted molar refractivity (Wildman–Crippen MR) is 211 cm³/mol. The van der Waals surface area contributed by atoms with Gasteiger partial charge in [-0.05, 0) is 102 Å². The molecule has 18 heteroatoms. The number of sulfonamides is 1. The highest BCUT2D eigenvalue weighted by molar-refractivity contribution is 7.91. The Balaban J connectivity index is 1.42. The fourth-order valence-corrected chi connectivity index (χ4v) is 9.69. The van der Waals surface area contributed by atoms with E-state index in [2.05, 4.69) is 15.0 Å². The maximum atomic E-state index is 15.1. The highest BCUT2D eigenvalue weighted by Crippen LogP contribution is 2.48. The summed E-state index contributed by atoms with van der Waals surface area (Å²) in [5, 5.41) is 13.9. The standard InChI is InChI=1S/C41H54F3N5O9S/c1-7-25-17-24(3)11-9-10-12-27-21-40(27,36(52)47-59(55,56)39(6)15-16-39)46-34(50)32-20-30(58-29-19-26-18-28(57-8-2)13-14-31(26)45-22-29)23-48(32)35(51)33(25)49(37(53)54)38(4,5)41(42,43)44/h10,12-14,18-19,22,24-25,27,30,32-33H,7-9,11,15-17,20-21,23H2,1-6H3,(H,46,50)(H,47,52)(H,53,54)/b12-10-/t24-,25-,27-,30-,32+,33+,40-/m1/s1. The average molecular weight is 850 g/mol. The maximum absolute atomic E-state index is 15.1. The highest BCUT2D eigenvalue weighted by Gasteiger charge is 2.64. The van der Waals surface area contributed by atoms with Crippen LogP contribution in [0, 0.1) is 17.8 Å². The molecule has 6 rings (SSSR count). The Hall–Kier alpha value is -4.61. The largest absolute Gasteiger partial charge is 0.494 e. The molecular formula is C41H54F3N5O9S. The van der Waals surface area contributed by atoms with Crippen LogP contribution < -0.4 is 19.5 Å². The zero-order valence-electron chi connectivity index (χ0n) is 34.2. The van der Waals surface area contributed by atoms with Crippen LogP contribution in [0.5, 0.6) is 11.5 Å². The number of carbonyl (C=O) groups excluding carboxylic acids is 3. The molecule has 14 nitrogen and oxygen atoms in total. The van der Waals surface area contributed by atoms with E-state index in [-0.39, 0.29) is 48.8 Å². The SMILES string of the molecule is CCOc1ccc2ncc(O[C@@H]3C[C@H]4C(=O)N[C@]5(C(=O)NS(=O)(=O)C6(C)CC6)C[C@H]5/C=C\CC[C@@H](C)C[C@@H](CC)[C@H](N(C(=O)O)C(C)(C)C(F)(F)F)C(=O)N4C3)cc2c1. The number of fused-ring (bicyclic) bond motifs is 3. The van der Waals surface area contributed by atoms with Crippen molar-refractivity contribution in [2.45, 2.75) is 133 Å². The summed E-state index contributed by atoms with van der Waals surface area (Å²) in [6.07, 6.45) is -1.06. The lowest BCUT2D eigenvalue weighted by Crippen LogP contribution is -2.66. The summed E-state index contributed by atoms with van der Waals surface area (Å²) >= 11 is 0. The molecule has 2 saturated carbocycles. The van der Waals surface area contributed by atoms with Crippen molar-refractivity contribution in [2.75, 3.05) is 13.2 Å². The Labute approximate surface area is 342 Å². The first-order valence-corrected chi connectivity index (χ1v) is 21.7. The van der Waals surface area contributed by atoms with E-state index >= 15 is 4.79 Å². The number of amides is 4. The molecular weight excluding hydrogens is 796 g/mol. The first-order chi connectivity index (χ1) is 27.6. The Morgan fingerprint density at radius 1 is 1.12 bits per heavy atom. The number of allylic oxidation sites excluding steroid dienone is 1. The second-order valence-electron chi connectivity index (χ2n) is 17.3. The van der Waals surface area contributed by atoms with Crippen LogP contribution in [0.2, 0.25) is 0 Å². The third-order valence-corrected chi connectivity index (χ3v) is 14.7. The molecule has 7 atom stereocenters. The molecule has 2 aliphatic heterocycles. The number of pyridine rings is 1. The van der Waals surface area contributed by atoms with Gasteiger partial charge in [-0.15, -0.1) is 0 Å². The van der Waals surface area contributed by atoms with Crippen LogP contribution in [0.25, 0.3) is 10.9 Å². The van der Waals surface area contributed by atoms with E-state index in [1.807, 2.05) is 19.9 Å². The third-order valence-electron chi connectivity index (χ3n) is 12.6. The molecule has 1 saturated heterocycles. The average Bonchev–Trinajstić information content (AvgIpc) is 4.03. The number of benzene rings is 1. The van der Waals surface area contributed by atoms with E-state index in [9.17, 15) is 41.1 Å². The van der Waals surface area contributed by atoms with E-state index in [1.165, 1.54) is 13.1 Å². The van der Waals surface area contributed by atoms with Crippen molar-refractivity contribution in [2.24, 2.45) is 17.8 Å².